The van der Waals surface area contributed by atoms with E-state index in [2.05, 4.69) is 17.9 Å². The van der Waals surface area contributed by atoms with E-state index >= 15 is 0 Å². The maximum absolute atomic E-state index is 10.3. The van der Waals surface area contributed by atoms with Gasteiger partial charge in [-0.3, -0.25) is 0 Å². The third-order valence-corrected chi connectivity index (χ3v) is 0.808. The molecule has 0 aliphatic rings. The Kier molecular flexibility index (Phi) is 10.1. The van der Waals surface area contributed by atoms with Gasteiger partial charge in [0.25, 0.3) is 0 Å². The van der Waals surface area contributed by atoms with Crippen molar-refractivity contribution in [3.63, 3.8) is 0 Å². The predicted octanol–water partition coefficient (Wildman–Crippen LogP) is 0.353. The lowest BCUT2D eigenvalue weighted by Gasteiger charge is -2.02. The average molecular weight is 202 g/mol. The Labute approximate surface area is 82.3 Å². The van der Waals surface area contributed by atoms with Crippen molar-refractivity contribution in [2.45, 2.75) is 13.0 Å². The molecule has 14 heavy (non-hydrogen) atoms. The number of carbonyl (C=O) groups excluding carboxylic acids is 1. The minimum absolute atomic E-state index is 0.0326. The molecule has 5 nitrogen and oxygen atoms in total. The van der Waals surface area contributed by atoms with Crippen molar-refractivity contribution in [2.24, 2.45) is 0 Å². The van der Waals surface area contributed by atoms with Crippen molar-refractivity contribution in [2.75, 3.05) is 6.61 Å². The summed E-state index contributed by atoms with van der Waals surface area (Å²) in [5.74, 6) is -1.49. The molecule has 2 N–H and O–H groups in total. The highest BCUT2D eigenvalue weighted by molar-refractivity contribution is 5.81. The highest BCUT2D eigenvalue weighted by atomic mass is 16.5. The topological polar surface area (TPSA) is 83.8 Å². The van der Waals surface area contributed by atoms with Gasteiger partial charge in [-0.05, 0) is 6.92 Å². The Bertz CT molecular complexity index is 207. The molecule has 0 aromatic carbocycles. The van der Waals surface area contributed by atoms with Crippen LogP contribution >= 0.6 is 0 Å². The quantitative estimate of drug-likeness (QED) is 0.507. The van der Waals surface area contributed by atoms with Crippen LogP contribution in [0.5, 0.6) is 0 Å². The second-order valence-electron chi connectivity index (χ2n) is 2.23. The summed E-state index contributed by atoms with van der Waals surface area (Å²) >= 11 is 0. The molecule has 1 atom stereocenters. The maximum atomic E-state index is 10.3. The summed E-state index contributed by atoms with van der Waals surface area (Å²) in [6.45, 7) is 7.71. The number of rotatable bonds is 4. The molecule has 0 spiro atoms. The molecule has 1 unspecified atom stereocenters. The third-order valence-electron chi connectivity index (χ3n) is 0.808. The van der Waals surface area contributed by atoms with E-state index in [0.29, 0.717) is 0 Å². The Morgan fingerprint density at radius 1 is 1.43 bits per heavy atom. The highest BCUT2D eigenvalue weighted by Gasteiger charge is 1.98. The number of esters is 1. The molecule has 0 amide bonds. The number of hydrogen-bond acceptors (Lipinski definition) is 4. The normalized spacial score (nSPS) is 10.1. The van der Waals surface area contributed by atoms with Crippen molar-refractivity contribution < 1.29 is 24.5 Å². The Hall–Kier alpha value is -1.62. The zero-order valence-corrected chi connectivity index (χ0v) is 7.97. The molecular weight excluding hydrogens is 188 g/mol. The number of aliphatic hydroxyl groups is 1. The smallest absolute Gasteiger partial charge is 0.330 e. The minimum Gasteiger partial charge on any atom is -0.478 e. The van der Waals surface area contributed by atoms with Crippen molar-refractivity contribution in [1.29, 1.82) is 0 Å². The first-order valence-corrected chi connectivity index (χ1v) is 3.76. The molecule has 0 radical (unpaired) electrons. The van der Waals surface area contributed by atoms with Crippen LogP contribution in [-0.2, 0) is 14.3 Å². The zero-order valence-electron chi connectivity index (χ0n) is 7.97. The first-order valence-electron chi connectivity index (χ1n) is 3.76. The second kappa shape index (κ2) is 9.47. The summed E-state index contributed by atoms with van der Waals surface area (Å²) in [7, 11) is 0. The van der Waals surface area contributed by atoms with E-state index in [1.165, 1.54) is 6.92 Å². The van der Waals surface area contributed by atoms with Gasteiger partial charge in [-0.1, -0.05) is 13.2 Å². The number of carboxylic acids is 1. The number of aliphatic carboxylic acids is 1. The lowest BCUT2D eigenvalue weighted by Crippen LogP contribution is -2.13. The van der Waals surface area contributed by atoms with Gasteiger partial charge in [0.05, 0.1) is 6.10 Å². The van der Waals surface area contributed by atoms with E-state index < -0.39 is 18.0 Å². The van der Waals surface area contributed by atoms with E-state index in [0.717, 1.165) is 12.2 Å². The number of carbonyl (C=O) groups is 2. The van der Waals surface area contributed by atoms with Crippen LogP contribution in [0.1, 0.15) is 6.92 Å². The average Bonchev–Trinajstić information content (AvgIpc) is 2.14. The van der Waals surface area contributed by atoms with E-state index in [9.17, 15) is 9.59 Å². The maximum Gasteiger partial charge on any atom is 0.330 e. The molecule has 0 saturated heterocycles. The van der Waals surface area contributed by atoms with Gasteiger partial charge in [-0.15, -0.1) is 0 Å². The monoisotopic (exact) mass is 202 g/mol. The van der Waals surface area contributed by atoms with Crippen LogP contribution in [0.3, 0.4) is 0 Å². The summed E-state index contributed by atoms with van der Waals surface area (Å²) in [4.78, 5) is 19.5. The van der Waals surface area contributed by atoms with Crippen molar-refractivity contribution in [3.05, 3.63) is 25.3 Å². The molecule has 0 bridgehead atoms. The SMILES string of the molecule is C=CC(=O)O.C=CC(=O)OCC(C)O. The van der Waals surface area contributed by atoms with Crippen LogP contribution in [0.15, 0.2) is 25.3 Å². The molecule has 0 saturated carbocycles. The van der Waals surface area contributed by atoms with Crippen LogP contribution in [0.2, 0.25) is 0 Å². The van der Waals surface area contributed by atoms with Crippen LogP contribution in [0.25, 0.3) is 0 Å². The fourth-order valence-corrected chi connectivity index (χ4v) is 0.262. The van der Waals surface area contributed by atoms with Gasteiger partial charge in [0.2, 0.25) is 0 Å². The standard InChI is InChI=1S/C6H10O3.C3H4O2/c1-3-6(8)9-4-5(2)7;1-2-3(4)5/h3,5,7H,1,4H2,2H3;2H,1H2,(H,4,5). The van der Waals surface area contributed by atoms with Crippen LogP contribution in [0.4, 0.5) is 0 Å². The number of ether oxygens (including phenoxy) is 1. The van der Waals surface area contributed by atoms with Gasteiger partial charge in [-0.25, -0.2) is 9.59 Å². The molecule has 5 heteroatoms. The van der Waals surface area contributed by atoms with Crippen LogP contribution in [0, 0.1) is 0 Å². The van der Waals surface area contributed by atoms with Gasteiger partial charge < -0.3 is 14.9 Å². The van der Waals surface area contributed by atoms with Crippen molar-refractivity contribution in [3.8, 4) is 0 Å². The van der Waals surface area contributed by atoms with E-state index in [-0.39, 0.29) is 6.61 Å². The summed E-state index contributed by atoms with van der Waals surface area (Å²) in [5, 5.41) is 16.2. The Balaban J connectivity index is 0. The van der Waals surface area contributed by atoms with Crippen molar-refractivity contribution >= 4 is 11.9 Å². The van der Waals surface area contributed by atoms with Gasteiger partial charge in [0.15, 0.2) is 0 Å². The fourth-order valence-electron chi connectivity index (χ4n) is 0.262. The second-order valence-corrected chi connectivity index (χ2v) is 2.23. The lowest BCUT2D eigenvalue weighted by molar-refractivity contribution is -0.140. The molecule has 0 fully saturated rings. The molecule has 0 aliphatic heterocycles. The largest absolute Gasteiger partial charge is 0.478 e. The van der Waals surface area contributed by atoms with E-state index in [4.69, 9.17) is 10.2 Å². The van der Waals surface area contributed by atoms with E-state index in [1.807, 2.05) is 0 Å². The molecule has 0 aliphatic carbocycles. The molecule has 0 aromatic heterocycles. The van der Waals surface area contributed by atoms with Gasteiger partial charge in [-0.2, -0.15) is 0 Å². The predicted molar refractivity (Wildman–Crippen MR) is 50.7 cm³/mol. The highest BCUT2D eigenvalue weighted by Crippen LogP contribution is 1.83. The molecule has 80 valence electrons. The number of aliphatic hydroxyl groups excluding tert-OH is 1. The van der Waals surface area contributed by atoms with Crippen LogP contribution < -0.4 is 0 Å². The summed E-state index contributed by atoms with van der Waals surface area (Å²) in [5.41, 5.74) is 0. The summed E-state index contributed by atoms with van der Waals surface area (Å²) < 4.78 is 4.45. The first kappa shape index (κ1) is 14.9. The molecule has 0 rings (SSSR count). The summed E-state index contributed by atoms with van der Waals surface area (Å²) in [6.07, 6.45) is 1.29. The third kappa shape index (κ3) is 16.8. The Morgan fingerprint density at radius 3 is 2.07 bits per heavy atom. The van der Waals surface area contributed by atoms with Crippen molar-refractivity contribution in [1.82, 2.24) is 0 Å². The molecule has 0 aromatic rings. The first-order chi connectivity index (χ1) is 6.43. The molecular formula is C9H14O5. The van der Waals surface area contributed by atoms with Crippen LogP contribution in [-0.4, -0.2) is 34.9 Å². The fraction of sp³-hybridized carbons (Fsp3) is 0.333. The van der Waals surface area contributed by atoms with Gasteiger partial charge in [0.1, 0.15) is 6.61 Å². The zero-order chi connectivity index (χ0) is 11.6. The Morgan fingerprint density at radius 2 is 1.86 bits per heavy atom. The number of carboxylic acid groups (broad SMARTS) is 1. The summed E-state index contributed by atoms with van der Waals surface area (Å²) in [6, 6.07) is 0. The van der Waals surface area contributed by atoms with E-state index in [1.54, 1.807) is 0 Å². The molecule has 0 heterocycles. The van der Waals surface area contributed by atoms with Gasteiger partial charge >= 0.3 is 11.9 Å². The number of hydrogen-bond donors (Lipinski definition) is 2. The van der Waals surface area contributed by atoms with Gasteiger partial charge in [0, 0.05) is 12.2 Å². The lowest BCUT2D eigenvalue weighted by atomic mass is 10.4. The minimum atomic E-state index is -0.981.